The fourth-order valence-electron chi connectivity index (χ4n) is 4.92. The summed E-state index contributed by atoms with van der Waals surface area (Å²) in [4.78, 5) is 0. The standard InChI is InChI=1S/C41H44N4O3/c1-2-30-46-39-24-14-33(15-25-39)34-16-26-40(27-17-34)47-31-10-5-3-4-6-11-32-48-41-28-22-38(23-29-41)45-44-37-20-18-36(19-21-37)43-42-35-12-8-7-9-13-35/h7-9,12-29H,2-6,10-11,30-32H2,1H3. The molecule has 5 aromatic carbocycles. The molecule has 0 saturated heterocycles. The molecule has 0 unspecified atom stereocenters. The molecule has 0 radical (unpaired) electrons. The molecule has 5 rings (SSSR count). The maximum atomic E-state index is 5.97. The summed E-state index contributed by atoms with van der Waals surface area (Å²) in [5, 5.41) is 17.2. The molecule has 0 aliphatic carbocycles. The first kappa shape index (κ1) is 34.0. The third-order valence-corrected chi connectivity index (χ3v) is 7.60. The van der Waals surface area contributed by atoms with Crippen molar-refractivity contribution >= 4 is 22.7 Å². The Bertz CT molecular complexity index is 1670. The van der Waals surface area contributed by atoms with Crippen LogP contribution in [-0.4, -0.2) is 19.8 Å². The monoisotopic (exact) mass is 640 g/mol. The Morgan fingerprint density at radius 3 is 1.10 bits per heavy atom. The van der Waals surface area contributed by atoms with Crippen LogP contribution in [0.5, 0.6) is 17.2 Å². The van der Waals surface area contributed by atoms with Gasteiger partial charge in [-0.05, 0) is 115 Å². The summed E-state index contributed by atoms with van der Waals surface area (Å²) in [6.45, 7) is 4.32. The molecule has 5 aromatic rings. The number of unbranched alkanes of at least 4 members (excludes halogenated alkanes) is 5. The van der Waals surface area contributed by atoms with E-state index in [1.807, 2.05) is 91.0 Å². The Hall–Kier alpha value is -5.30. The number of azo groups is 2. The van der Waals surface area contributed by atoms with Crippen LogP contribution in [0, 0.1) is 0 Å². The van der Waals surface area contributed by atoms with E-state index in [1.54, 1.807) is 0 Å². The molecule has 0 aliphatic rings. The van der Waals surface area contributed by atoms with Gasteiger partial charge in [0.25, 0.3) is 0 Å². The lowest BCUT2D eigenvalue weighted by Gasteiger charge is -2.09. The SMILES string of the molecule is CCCOc1ccc(-c2ccc(OCCCCCCCCOc3ccc(N=Nc4ccc(N=Nc5ccccc5)cc4)cc3)cc2)cc1. The second-order valence-electron chi connectivity index (χ2n) is 11.5. The van der Waals surface area contributed by atoms with Gasteiger partial charge in [0, 0.05) is 0 Å². The van der Waals surface area contributed by atoms with E-state index in [2.05, 4.69) is 63.8 Å². The molecule has 0 bridgehead atoms. The Morgan fingerprint density at radius 1 is 0.354 bits per heavy atom. The maximum Gasteiger partial charge on any atom is 0.119 e. The molecule has 0 atom stereocenters. The molecule has 0 amide bonds. The summed E-state index contributed by atoms with van der Waals surface area (Å²) in [6, 6.07) is 41.5. The lowest BCUT2D eigenvalue weighted by atomic mass is 10.1. The summed E-state index contributed by atoms with van der Waals surface area (Å²) < 4.78 is 17.6. The number of hydrogen-bond acceptors (Lipinski definition) is 7. The Balaban J connectivity index is 0.893. The van der Waals surface area contributed by atoms with E-state index >= 15 is 0 Å². The normalized spacial score (nSPS) is 11.3. The average molecular weight is 641 g/mol. The van der Waals surface area contributed by atoms with E-state index in [0.717, 1.165) is 78.9 Å². The zero-order chi connectivity index (χ0) is 33.1. The summed E-state index contributed by atoms with van der Waals surface area (Å²) >= 11 is 0. The Labute approximate surface area is 284 Å². The zero-order valence-electron chi connectivity index (χ0n) is 27.7. The molecule has 48 heavy (non-hydrogen) atoms. The molecule has 0 fully saturated rings. The van der Waals surface area contributed by atoms with Crippen LogP contribution in [0.15, 0.2) is 148 Å². The quantitative estimate of drug-likeness (QED) is 0.0665. The first-order chi connectivity index (χ1) is 23.7. The lowest BCUT2D eigenvalue weighted by Crippen LogP contribution is -1.98. The van der Waals surface area contributed by atoms with Crippen LogP contribution in [0.25, 0.3) is 11.1 Å². The topological polar surface area (TPSA) is 77.1 Å². The van der Waals surface area contributed by atoms with E-state index in [1.165, 1.54) is 30.4 Å². The summed E-state index contributed by atoms with van der Waals surface area (Å²) in [5.41, 5.74) is 5.46. The predicted molar refractivity (Wildman–Crippen MR) is 194 cm³/mol. The molecule has 0 heterocycles. The summed E-state index contributed by atoms with van der Waals surface area (Å²) in [6.07, 6.45) is 7.86. The number of nitrogens with zero attached hydrogens (tertiary/aromatic N) is 4. The largest absolute Gasteiger partial charge is 0.494 e. The van der Waals surface area contributed by atoms with Crippen molar-refractivity contribution in [2.24, 2.45) is 20.5 Å². The first-order valence-corrected chi connectivity index (χ1v) is 16.9. The van der Waals surface area contributed by atoms with Crippen LogP contribution in [0.4, 0.5) is 22.7 Å². The maximum absolute atomic E-state index is 5.97. The van der Waals surface area contributed by atoms with E-state index in [-0.39, 0.29) is 0 Å². The second-order valence-corrected chi connectivity index (χ2v) is 11.5. The predicted octanol–water partition coefficient (Wildman–Crippen LogP) is 12.8. The van der Waals surface area contributed by atoms with Gasteiger partial charge in [0.05, 0.1) is 42.6 Å². The van der Waals surface area contributed by atoms with Crippen molar-refractivity contribution in [3.8, 4) is 28.4 Å². The number of rotatable bonds is 19. The number of hydrogen-bond donors (Lipinski definition) is 0. The van der Waals surface area contributed by atoms with E-state index < -0.39 is 0 Å². The molecule has 0 aliphatic heterocycles. The fraction of sp³-hybridized carbons (Fsp3) is 0.268. The molecular weight excluding hydrogens is 596 g/mol. The highest BCUT2D eigenvalue weighted by Crippen LogP contribution is 2.26. The highest BCUT2D eigenvalue weighted by atomic mass is 16.5. The molecule has 246 valence electrons. The molecular formula is C41H44N4O3. The second kappa shape index (κ2) is 19.4. The summed E-state index contributed by atoms with van der Waals surface area (Å²) in [7, 11) is 0. The van der Waals surface area contributed by atoms with Crippen molar-refractivity contribution in [1.29, 1.82) is 0 Å². The lowest BCUT2D eigenvalue weighted by molar-refractivity contribution is 0.297. The van der Waals surface area contributed by atoms with Gasteiger partial charge in [-0.2, -0.15) is 20.5 Å². The van der Waals surface area contributed by atoms with Crippen LogP contribution in [0.2, 0.25) is 0 Å². The van der Waals surface area contributed by atoms with Crippen molar-refractivity contribution in [2.45, 2.75) is 51.9 Å². The highest BCUT2D eigenvalue weighted by Gasteiger charge is 2.02. The van der Waals surface area contributed by atoms with Crippen molar-refractivity contribution in [1.82, 2.24) is 0 Å². The van der Waals surface area contributed by atoms with Gasteiger partial charge in [0.1, 0.15) is 17.2 Å². The minimum atomic E-state index is 0.713. The fourth-order valence-corrected chi connectivity index (χ4v) is 4.92. The van der Waals surface area contributed by atoms with Gasteiger partial charge in [0.2, 0.25) is 0 Å². The third-order valence-electron chi connectivity index (χ3n) is 7.60. The molecule has 0 saturated carbocycles. The summed E-state index contributed by atoms with van der Waals surface area (Å²) in [5.74, 6) is 2.69. The minimum absolute atomic E-state index is 0.713. The van der Waals surface area contributed by atoms with Gasteiger partial charge >= 0.3 is 0 Å². The van der Waals surface area contributed by atoms with Gasteiger partial charge in [-0.1, -0.05) is 75.1 Å². The zero-order valence-corrected chi connectivity index (χ0v) is 27.7. The van der Waals surface area contributed by atoms with Crippen molar-refractivity contribution < 1.29 is 14.2 Å². The number of benzene rings is 5. The van der Waals surface area contributed by atoms with Crippen LogP contribution in [-0.2, 0) is 0 Å². The van der Waals surface area contributed by atoms with Gasteiger partial charge in [-0.15, -0.1) is 0 Å². The van der Waals surface area contributed by atoms with Crippen LogP contribution >= 0.6 is 0 Å². The molecule has 7 nitrogen and oxygen atoms in total. The van der Waals surface area contributed by atoms with E-state index in [9.17, 15) is 0 Å². The van der Waals surface area contributed by atoms with Crippen LogP contribution in [0.1, 0.15) is 51.9 Å². The smallest absolute Gasteiger partial charge is 0.119 e. The van der Waals surface area contributed by atoms with Crippen molar-refractivity contribution in [3.63, 3.8) is 0 Å². The van der Waals surface area contributed by atoms with E-state index in [0.29, 0.717) is 6.61 Å². The minimum Gasteiger partial charge on any atom is -0.494 e. The number of ether oxygens (including phenoxy) is 3. The van der Waals surface area contributed by atoms with Gasteiger partial charge in [-0.25, -0.2) is 0 Å². The molecule has 0 N–H and O–H groups in total. The Morgan fingerprint density at radius 2 is 0.688 bits per heavy atom. The molecule has 7 heteroatoms. The van der Waals surface area contributed by atoms with Crippen LogP contribution < -0.4 is 14.2 Å². The molecule has 0 aromatic heterocycles. The van der Waals surface area contributed by atoms with E-state index in [4.69, 9.17) is 14.2 Å². The van der Waals surface area contributed by atoms with Crippen molar-refractivity contribution in [3.05, 3.63) is 127 Å². The van der Waals surface area contributed by atoms with Gasteiger partial charge in [0.15, 0.2) is 0 Å². The Kier molecular flexibility index (Phi) is 13.7. The van der Waals surface area contributed by atoms with Gasteiger partial charge in [-0.3, -0.25) is 0 Å². The third kappa shape index (κ3) is 11.8. The van der Waals surface area contributed by atoms with Crippen molar-refractivity contribution in [2.75, 3.05) is 19.8 Å². The molecule has 0 spiro atoms. The van der Waals surface area contributed by atoms with Crippen LogP contribution in [0.3, 0.4) is 0 Å². The highest BCUT2D eigenvalue weighted by molar-refractivity contribution is 5.65. The first-order valence-electron chi connectivity index (χ1n) is 16.9. The van der Waals surface area contributed by atoms with Gasteiger partial charge < -0.3 is 14.2 Å². The average Bonchev–Trinajstić information content (AvgIpc) is 3.15.